The average molecular weight is 412 g/mol. The maximum absolute atomic E-state index is 12.3. The second-order valence-electron chi connectivity index (χ2n) is 7.52. The van der Waals surface area contributed by atoms with Crippen molar-refractivity contribution in [3.8, 4) is 0 Å². The van der Waals surface area contributed by atoms with E-state index in [1.807, 2.05) is 24.3 Å². The van der Waals surface area contributed by atoms with Crippen molar-refractivity contribution >= 4 is 35.1 Å². The Bertz CT molecular complexity index is 1090. The van der Waals surface area contributed by atoms with Crippen LogP contribution >= 0.6 is 0 Å². The van der Waals surface area contributed by atoms with E-state index in [4.69, 9.17) is 4.74 Å². The van der Waals surface area contributed by atoms with Crippen molar-refractivity contribution in [1.82, 2.24) is 4.90 Å². The average Bonchev–Trinajstić information content (AvgIpc) is 3.04. The fraction of sp³-hybridized carbons (Fsp3) is 0.154. The van der Waals surface area contributed by atoms with Crippen LogP contribution in [0.2, 0.25) is 0 Å². The van der Waals surface area contributed by atoms with Gasteiger partial charge in [-0.2, -0.15) is 0 Å². The summed E-state index contributed by atoms with van der Waals surface area (Å²) in [5.74, 6) is -0.356. The Hall–Kier alpha value is -3.86. The molecule has 1 fully saturated rings. The monoisotopic (exact) mass is 412 g/mol. The number of hydrogen-bond acceptors (Lipinski definition) is 4. The van der Waals surface area contributed by atoms with Crippen molar-refractivity contribution in [2.45, 2.75) is 20.8 Å². The van der Waals surface area contributed by atoms with Gasteiger partial charge in [0, 0.05) is 23.6 Å². The number of carbonyl (C=O) groups is 2. The number of rotatable bonds is 5. The van der Waals surface area contributed by atoms with Gasteiger partial charge >= 0.3 is 6.09 Å². The van der Waals surface area contributed by atoms with Gasteiger partial charge in [-0.05, 0) is 68.8 Å². The summed E-state index contributed by atoms with van der Waals surface area (Å²) in [5.41, 5.74) is 6.28. The van der Waals surface area contributed by atoms with E-state index in [-0.39, 0.29) is 12.3 Å². The lowest BCUT2D eigenvalue weighted by atomic mass is 10.1. The van der Waals surface area contributed by atoms with Crippen LogP contribution in [-0.2, 0) is 9.53 Å². The summed E-state index contributed by atoms with van der Waals surface area (Å²) in [6.45, 7) is 6.16. The second-order valence-corrected chi connectivity index (χ2v) is 7.52. The number of carbonyl (C=O) groups excluding carboxylic acids is 2. The standard InChI is InChI=1S/C26H24N2O3/c1-4-27-25(29)24(31-26(27)30)17-20-9-15-23(16-10-20)28(21-11-5-18(2)6-12-21)22-13-7-19(3)8-14-22/h5-17H,4H2,1-3H3/b24-17+. The van der Waals surface area contributed by atoms with Crippen LogP contribution in [0.3, 0.4) is 0 Å². The number of imide groups is 1. The molecule has 0 radical (unpaired) electrons. The SMILES string of the molecule is CCN1C(=O)O/C(=C/c2ccc(N(c3ccc(C)cc3)c3ccc(C)cc3)cc2)C1=O. The summed E-state index contributed by atoms with van der Waals surface area (Å²) in [6, 6.07) is 24.6. The van der Waals surface area contributed by atoms with Crippen LogP contribution in [0.4, 0.5) is 21.9 Å². The first-order chi connectivity index (χ1) is 15.0. The highest BCUT2D eigenvalue weighted by atomic mass is 16.6. The topological polar surface area (TPSA) is 49.9 Å². The van der Waals surface area contributed by atoms with Crippen molar-refractivity contribution in [3.63, 3.8) is 0 Å². The van der Waals surface area contributed by atoms with E-state index in [2.05, 4.69) is 67.3 Å². The molecule has 5 heteroatoms. The quantitative estimate of drug-likeness (QED) is 0.474. The summed E-state index contributed by atoms with van der Waals surface area (Å²) in [5, 5.41) is 0. The highest BCUT2D eigenvalue weighted by Gasteiger charge is 2.35. The molecule has 5 nitrogen and oxygen atoms in total. The highest BCUT2D eigenvalue weighted by molar-refractivity contribution is 6.09. The van der Waals surface area contributed by atoms with E-state index in [1.165, 1.54) is 11.1 Å². The van der Waals surface area contributed by atoms with Gasteiger partial charge in [-0.25, -0.2) is 9.69 Å². The van der Waals surface area contributed by atoms with Crippen LogP contribution in [0.25, 0.3) is 6.08 Å². The number of aryl methyl sites for hydroxylation is 2. The van der Waals surface area contributed by atoms with E-state index >= 15 is 0 Å². The summed E-state index contributed by atoms with van der Waals surface area (Å²) in [7, 11) is 0. The van der Waals surface area contributed by atoms with E-state index < -0.39 is 12.0 Å². The third kappa shape index (κ3) is 4.21. The molecule has 1 saturated heterocycles. The molecule has 0 unspecified atom stereocenters. The first-order valence-corrected chi connectivity index (χ1v) is 10.2. The molecule has 0 bridgehead atoms. The Labute approximate surface area is 182 Å². The van der Waals surface area contributed by atoms with Gasteiger partial charge in [0.25, 0.3) is 5.91 Å². The van der Waals surface area contributed by atoms with Gasteiger partial charge in [0.15, 0.2) is 5.76 Å². The van der Waals surface area contributed by atoms with Crippen LogP contribution in [0.5, 0.6) is 0 Å². The molecule has 2 amide bonds. The van der Waals surface area contributed by atoms with Crippen molar-refractivity contribution in [2.24, 2.45) is 0 Å². The van der Waals surface area contributed by atoms with Gasteiger partial charge in [-0.15, -0.1) is 0 Å². The third-order valence-electron chi connectivity index (χ3n) is 5.22. The molecule has 0 atom stereocenters. The van der Waals surface area contributed by atoms with Crippen LogP contribution in [0.1, 0.15) is 23.6 Å². The minimum atomic E-state index is -0.625. The molecule has 31 heavy (non-hydrogen) atoms. The van der Waals surface area contributed by atoms with Gasteiger partial charge in [0.2, 0.25) is 0 Å². The number of nitrogens with zero attached hydrogens (tertiary/aromatic N) is 2. The molecule has 0 N–H and O–H groups in total. The Morgan fingerprint density at radius 2 is 1.23 bits per heavy atom. The van der Waals surface area contributed by atoms with Crippen molar-refractivity contribution in [1.29, 1.82) is 0 Å². The minimum Gasteiger partial charge on any atom is -0.404 e. The molecule has 3 aromatic rings. The van der Waals surface area contributed by atoms with Gasteiger partial charge in [0.1, 0.15) is 0 Å². The zero-order valence-corrected chi connectivity index (χ0v) is 17.8. The molecule has 3 aromatic carbocycles. The molecule has 0 aromatic heterocycles. The van der Waals surface area contributed by atoms with Crippen LogP contribution in [0, 0.1) is 13.8 Å². The van der Waals surface area contributed by atoms with Crippen LogP contribution in [0.15, 0.2) is 78.6 Å². The second kappa shape index (κ2) is 8.48. The molecule has 0 spiro atoms. The van der Waals surface area contributed by atoms with Crippen LogP contribution < -0.4 is 4.90 Å². The minimum absolute atomic E-state index is 0.0496. The first-order valence-electron chi connectivity index (χ1n) is 10.2. The zero-order valence-electron chi connectivity index (χ0n) is 17.8. The number of amides is 2. The smallest absolute Gasteiger partial charge is 0.404 e. The molecular formula is C26H24N2O3. The molecule has 0 saturated carbocycles. The predicted octanol–water partition coefficient (Wildman–Crippen LogP) is 6.11. The molecular weight excluding hydrogens is 388 g/mol. The normalized spacial score (nSPS) is 14.8. The van der Waals surface area contributed by atoms with Crippen molar-refractivity contribution in [2.75, 3.05) is 11.4 Å². The molecule has 4 rings (SSSR count). The van der Waals surface area contributed by atoms with Gasteiger partial charge in [-0.3, -0.25) is 4.79 Å². The van der Waals surface area contributed by atoms with E-state index in [9.17, 15) is 9.59 Å². The number of cyclic esters (lactones) is 1. The molecule has 1 heterocycles. The zero-order chi connectivity index (χ0) is 22.0. The first kappa shape index (κ1) is 20.4. The Morgan fingerprint density at radius 1 is 0.774 bits per heavy atom. The van der Waals surface area contributed by atoms with Gasteiger partial charge in [0.05, 0.1) is 0 Å². The number of anilines is 3. The number of benzene rings is 3. The summed E-state index contributed by atoms with van der Waals surface area (Å²) in [4.78, 5) is 27.3. The summed E-state index contributed by atoms with van der Waals surface area (Å²) in [6.07, 6.45) is 0.974. The number of likely N-dealkylation sites (N-methyl/N-ethyl adjacent to an activating group) is 1. The number of hydrogen-bond donors (Lipinski definition) is 0. The maximum atomic E-state index is 12.3. The lowest BCUT2D eigenvalue weighted by Gasteiger charge is -2.25. The van der Waals surface area contributed by atoms with Gasteiger partial charge in [-0.1, -0.05) is 47.5 Å². The fourth-order valence-corrected chi connectivity index (χ4v) is 3.48. The Morgan fingerprint density at radius 3 is 1.65 bits per heavy atom. The van der Waals surface area contributed by atoms with E-state index in [0.29, 0.717) is 0 Å². The lowest BCUT2D eigenvalue weighted by molar-refractivity contribution is -0.123. The summed E-state index contributed by atoms with van der Waals surface area (Å²) >= 11 is 0. The van der Waals surface area contributed by atoms with E-state index in [0.717, 1.165) is 27.5 Å². The Balaban J connectivity index is 1.68. The fourth-order valence-electron chi connectivity index (χ4n) is 3.48. The molecule has 156 valence electrons. The molecule has 1 aliphatic heterocycles. The van der Waals surface area contributed by atoms with Crippen LogP contribution in [-0.4, -0.2) is 23.4 Å². The van der Waals surface area contributed by atoms with Crippen molar-refractivity contribution < 1.29 is 14.3 Å². The third-order valence-corrected chi connectivity index (χ3v) is 5.22. The maximum Gasteiger partial charge on any atom is 0.422 e. The van der Waals surface area contributed by atoms with Crippen molar-refractivity contribution in [3.05, 3.63) is 95.2 Å². The summed E-state index contributed by atoms with van der Waals surface area (Å²) < 4.78 is 5.11. The highest BCUT2D eigenvalue weighted by Crippen LogP contribution is 2.35. The molecule has 1 aliphatic rings. The van der Waals surface area contributed by atoms with E-state index in [1.54, 1.807) is 13.0 Å². The predicted molar refractivity (Wildman–Crippen MR) is 122 cm³/mol. The Kier molecular flexibility index (Phi) is 5.58. The number of ether oxygens (including phenoxy) is 1. The van der Waals surface area contributed by atoms with Gasteiger partial charge < -0.3 is 9.64 Å². The molecule has 0 aliphatic carbocycles. The largest absolute Gasteiger partial charge is 0.422 e. The lowest BCUT2D eigenvalue weighted by Crippen LogP contribution is -2.28.